The number of pyridine rings is 1. The van der Waals surface area contributed by atoms with Crippen molar-refractivity contribution in [2.45, 2.75) is 26.8 Å². The minimum Gasteiger partial charge on any atom is -0.350 e. The van der Waals surface area contributed by atoms with Crippen LogP contribution in [0.1, 0.15) is 40.3 Å². The van der Waals surface area contributed by atoms with Crippen molar-refractivity contribution >= 4 is 56.6 Å². The van der Waals surface area contributed by atoms with E-state index in [0.29, 0.717) is 31.6 Å². The van der Waals surface area contributed by atoms with E-state index in [4.69, 9.17) is 23.2 Å². The van der Waals surface area contributed by atoms with Gasteiger partial charge >= 0.3 is 0 Å². The molecular formula is C20H18BrCl2N5O2. The predicted octanol–water partition coefficient (Wildman–Crippen LogP) is 5.04. The molecule has 3 aromatic rings. The highest BCUT2D eigenvalue weighted by Gasteiger charge is 2.24. The zero-order chi connectivity index (χ0) is 22.0. The molecule has 10 heteroatoms. The molecule has 7 nitrogen and oxygen atoms in total. The maximum Gasteiger partial charge on any atom is 0.275 e. The second-order valence-electron chi connectivity index (χ2n) is 6.79. The first kappa shape index (κ1) is 22.3. The number of anilines is 1. The molecule has 0 spiro atoms. The van der Waals surface area contributed by atoms with Crippen LogP contribution in [-0.2, 0) is 0 Å². The fraction of sp³-hybridized carbons (Fsp3) is 0.200. The summed E-state index contributed by atoms with van der Waals surface area (Å²) < 4.78 is 1.78. The normalized spacial score (nSPS) is 10.9. The predicted molar refractivity (Wildman–Crippen MR) is 121 cm³/mol. The van der Waals surface area contributed by atoms with Crippen LogP contribution in [0.3, 0.4) is 0 Å². The van der Waals surface area contributed by atoms with Crippen LogP contribution in [0, 0.1) is 6.92 Å². The molecule has 0 atom stereocenters. The number of hydrogen-bond acceptors (Lipinski definition) is 4. The minimum atomic E-state index is -0.495. The lowest BCUT2D eigenvalue weighted by Crippen LogP contribution is -2.31. The molecule has 0 aliphatic heterocycles. The van der Waals surface area contributed by atoms with Gasteiger partial charge in [-0.05, 0) is 66.5 Å². The van der Waals surface area contributed by atoms with E-state index in [9.17, 15) is 9.59 Å². The van der Waals surface area contributed by atoms with E-state index in [1.165, 1.54) is 16.9 Å². The summed E-state index contributed by atoms with van der Waals surface area (Å²) in [5.41, 5.74) is 1.44. The monoisotopic (exact) mass is 509 g/mol. The summed E-state index contributed by atoms with van der Waals surface area (Å²) in [5, 5.41) is 10.6. The van der Waals surface area contributed by atoms with Crippen molar-refractivity contribution in [3.05, 3.63) is 68.0 Å². The van der Waals surface area contributed by atoms with E-state index in [2.05, 4.69) is 36.6 Å². The van der Waals surface area contributed by atoms with Crippen molar-refractivity contribution in [2.24, 2.45) is 0 Å². The summed E-state index contributed by atoms with van der Waals surface area (Å²) in [6.45, 7) is 5.45. The zero-order valence-electron chi connectivity index (χ0n) is 16.3. The first-order chi connectivity index (χ1) is 14.2. The molecule has 0 bridgehead atoms. The molecule has 2 N–H and O–H groups in total. The smallest absolute Gasteiger partial charge is 0.275 e. The quantitative estimate of drug-likeness (QED) is 0.503. The van der Waals surface area contributed by atoms with E-state index in [1.807, 2.05) is 13.8 Å². The Morgan fingerprint density at radius 3 is 2.60 bits per heavy atom. The van der Waals surface area contributed by atoms with Gasteiger partial charge in [-0.3, -0.25) is 9.59 Å². The molecule has 0 aliphatic rings. The lowest BCUT2D eigenvalue weighted by molar-refractivity contribution is 0.0944. The van der Waals surface area contributed by atoms with Crippen LogP contribution in [0.5, 0.6) is 0 Å². The molecule has 156 valence electrons. The van der Waals surface area contributed by atoms with Gasteiger partial charge in [-0.2, -0.15) is 5.10 Å². The average molecular weight is 511 g/mol. The van der Waals surface area contributed by atoms with Gasteiger partial charge in [0.05, 0.1) is 26.9 Å². The highest BCUT2D eigenvalue weighted by atomic mass is 79.9. The molecule has 0 saturated carbocycles. The molecule has 0 aliphatic carbocycles. The first-order valence-corrected chi connectivity index (χ1v) is 10.5. The van der Waals surface area contributed by atoms with Gasteiger partial charge in [-0.1, -0.05) is 23.2 Å². The van der Waals surface area contributed by atoms with Crippen LogP contribution >= 0.6 is 39.1 Å². The van der Waals surface area contributed by atoms with Gasteiger partial charge in [0.2, 0.25) is 0 Å². The largest absolute Gasteiger partial charge is 0.350 e. The SMILES string of the molecule is Cc1cc(Cl)cc(C(=O)NC(C)C)c1NC(=O)c1c(Br)cnn1-c1ncccc1Cl. The summed E-state index contributed by atoms with van der Waals surface area (Å²) in [6.07, 6.45) is 3.03. The summed E-state index contributed by atoms with van der Waals surface area (Å²) in [4.78, 5) is 30.1. The molecule has 2 amide bonds. The third-order valence-electron chi connectivity index (χ3n) is 4.08. The van der Waals surface area contributed by atoms with Gasteiger partial charge in [0.15, 0.2) is 5.82 Å². The highest BCUT2D eigenvalue weighted by molar-refractivity contribution is 9.10. The van der Waals surface area contributed by atoms with Crippen molar-refractivity contribution in [2.75, 3.05) is 5.32 Å². The number of nitrogens with zero attached hydrogens (tertiary/aromatic N) is 3. The third-order valence-corrected chi connectivity index (χ3v) is 5.18. The number of rotatable bonds is 5. The summed E-state index contributed by atoms with van der Waals surface area (Å²) in [5.74, 6) is -0.531. The molecule has 2 heterocycles. The molecule has 30 heavy (non-hydrogen) atoms. The lowest BCUT2D eigenvalue weighted by atomic mass is 10.1. The first-order valence-electron chi connectivity index (χ1n) is 8.95. The van der Waals surface area contributed by atoms with Gasteiger partial charge in [0, 0.05) is 17.3 Å². The molecule has 2 aromatic heterocycles. The molecule has 3 rings (SSSR count). The molecular weight excluding hydrogens is 493 g/mol. The van der Waals surface area contributed by atoms with Crippen molar-refractivity contribution in [1.82, 2.24) is 20.1 Å². The number of nitrogens with one attached hydrogen (secondary N) is 2. The number of aromatic nitrogens is 3. The van der Waals surface area contributed by atoms with Crippen LogP contribution in [0.2, 0.25) is 10.0 Å². The van der Waals surface area contributed by atoms with Crippen LogP contribution in [0.4, 0.5) is 5.69 Å². The van der Waals surface area contributed by atoms with Gasteiger partial charge < -0.3 is 10.6 Å². The second kappa shape index (κ2) is 9.16. The van der Waals surface area contributed by atoms with Crippen LogP contribution in [-0.4, -0.2) is 32.6 Å². The number of halogens is 3. The number of carbonyl (C=O) groups is 2. The number of hydrogen-bond donors (Lipinski definition) is 2. The summed E-state index contributed by atoms with van der Waals surface area (Å²) in [7, 11) is 0. The number of aryl methyl sites for hydroxylation is 1. The van der Waals surface area contributed by atoms with Crippen LogP contribution in [0.15, 0.2) is 41.1 Å². The molecule has 0 radical (unpaired) electrons. The van der Waals surface area contributed by atoms with Crippen molar-refractivity contribution < 1.29 is 9.59 Å². The fourth-order valence-corrected chi connectivity index (χ4v) is 3.74. The Balaban J connectivity index is 2.03. The minimum absolute atomic E-state index is 0.0813. The number of benzene rings is 1. The average Bonchev–Trinajstić information content (AvgIpc) is 3.04. The van der Waals surface area contributed by atoms with E-state index < -0.39 is 5.91 Å². The Kier molecular flexibility index (Phi) is 6.80. The number of carbonyl (C=O) groups excluding carboxylic acids is 2. The summed E-state index contributed by atoms with van der Waals surface area (Å²) in [6, 6.07) is 6.44. The number of amides is 2. The molecule has 0 saturated heterocycles. The van der Waals surface area contributed by atoms with Gasteiger partial charge in [0.25, 0.3) is 11.8 Å². The Morgan fingerprint density at radius 1 is 1.20 bits per heavy atom. The standard InChI is InChI=1S/C20H18BrCl2N5O2/c1-10(2)26-19(29)13-8-12(22)7-11(3)16(13)27-20(30)17-14(21)9-25-28(17)18-15(23)5-4-6-24-18/h4-10H,1-3H3,(H,26,29)(H,27,30). The molecule has 0 unspecified atom stereocenters. The fourth-order valence-electron chi connectivity index (χ4n) is 2.83. The lowest BCUT2D eigenvalue weighted by Gasteiger charge is -2.16. The zero-order valence-corrected chi connectivity index (χ0v) is 19.4. The topological polar surface area (TPSA) is 88.9 Å². The van der Waals surface area contributed by atoms with Gasteiger partial charge in [0.1, 0.15) is 5.69 Å². The maximum absolute atomic E-state index is 13.2. The van der Waals surface area contributed by atoms with Gasteiger partial charge in [-0.15, -0.1) is 0 Å². The Morgan fingerprint density at radius 2 is 1.93 bits per heavy atom. The highest BCUT2D eigenvalue weighted by Crippen LogP contribution is 2.28. The third kappa shape index (κ3) is 4.66. The Labute approximate surface area is 191 Å². The van der Waals surface area contributed by atoms with Crippen molar-refractivity contribution in [1.29, 1.82) is 0 Å². The van der Waals surface area contributed by atoms with E-state index in [-0.39, 0.29) is 23.2 Å². The molecule has 1 aromatic carbocycles. The maximum atomic E-state index is 13.2. The Bertz CT molecular complexity index is 1130. The van der Waals surface area contributed by atoms with Crippen molar-refractivity contribution in [3.63, 3.8) is 0 Å². The molecule has 0 fully saturated rings. The van der Waals surface area contributed by atoms with E-state index in [1.54, 1.807) is 31.3 Å². The van der Waals surface area contributed by atoms with Crippen LogP contribution in [0.25, 0.3) is 5.82 Å². The second-order valence-corrected chi connectivity index (χ2v) is 8.49. The van der Waals surface area contributed by atoms with E-state index in [0.717, 1.165) is 0 Å². The van der Waals surface area contributed by atoms with Crippen molar-refractivity contribution in [3.8, 4) is 5.82 Å². The van der Waals surface area contributed by atoms with E-state index >= 15 is 0 Å². The van der Waals surface area contributed by atoms with Crippen LogP contribution < -0.4 is 10.6 Å². The summed E-state index contributed by atoms with van der Waals surface area (Å²) >= 11 is 15.7. The van der Waals surface area contributed by atoms with Gasteiger partial charge in [-0.25, -0.2) is 9.67 Å². The Hall–Kier alpha value is -2.42.